The molecule has 0 saturated heterocycles. The van der Waals surface area contributed by atoms with Gasteiger partial charge in [0.25, 0.3) is 5.91 Å². The average molecular weight is 297 g/mol. The number of halogens is 1. The van der Waals surface area contributed by atoms with Gasteiger partial charge in [-0.15, -0.1) is 11.3 Å². The molecule has 1 aromatic heterocycles. The number of hydrogen-bond acceptors (Lipinski definition) is 3. The summed E-state index contributed by atoms with van der Waals surface area (Å²) in [5, 5.41) is 4.67. The van der Waals surface area contributed by atoms with Crippen LogP contribution < -0.4 is 11.1 Å². The molecule has 0 saturated carbocycles. The van der Waals surface area contributed by atoms with Crippen molar-refractivity contribution in [1.29, 1.82) is 0 Å². The third-order valence-corrected chi connectivity index (χ3v) is 3.56. The van der Waals surface area contributed by atoms with Crippen molar-refractivity contribution < 1.29 is 4.79 Å². The molecular formula is C11H9BrN2OS. The molecule has 0 spiro atoms. The Bertz CT molecular complexity index is 511. The molecule has 5 heteroatoms. The van der Waals surface area contributed by atoms with Gasteiger partial charge in [0.05, 0.1) is 4.88 Å². The van der Waals surface area contributed by atoms with Crippen molar-refractivity contribution in [1.82, 2.24) is 0 Å². The number of amides is 1. The minimum Gasteiger partial charge on any atom is -0.398 e. The fourth-order valence-corrected chi connectivity index (χ4v) is 2.20. The van der Waals surface area contributed by atoms with Crippen LogP contribution >= 0.6 is 27.3 Å². The number of thiophene rings is 1. The van der Waals surface area contributed by atoms with E-state index in [1.54, 1.807) is 24.3 Å². The molecule has 0 atom stereocenters. The lowest BCUT2D eigenvalue weighted by Gasteiger charge is -2.05. The lowest BCUT2D eigenvalue weighted by molar-refractivity contribution is 0.103. The van der Waals surface area contributed by atoms with Crippen molar-refractivity contribution in [2.24, 2.45) is 0 Å². The molecule has 2 aromatic rings. The van der Waals surface area contributed by atoms with Crippen LogP contribution in [-0.4, -0.2) is 5.91 Å². The molecule has 16 heavy (non-hydrogen) atoms. The number of nitrogen functional groups attached to an aromatic ring is 1. The van der Waals surface area contributed by atoms with Gasteiger partial charge in [0.15, 0.2) is 0 Å². The molecule has 3 nitrogen and oxygen atoms in total. The van der Waals surface area contributed by atoms with E-state index in [9.17, 15) is 4.79 Å². The van der Waals surface area contributed by atoms with Crippen molar-refractivity contribution in [3.05, 3.63) is 45.1 Å². The predicted molar refractivity (Wildman–Crippen MR) is 70.8 cm³/mol. The van der Waals surface area contributed by atoms with Crippen LogP contribution in [0.5, 0.6) is 0 Å². The fourth-order valence-electron chi connectivity index (χ4n) is 1.21. The second kappa shape index (κ2) is 4.67. The van der Waals surface area contributed by atoms with Gasteiger partial charge in [-0.2, -0.15) is 0 Å². The summed E-state index contributed by atoms with van der Waals surface area (Å²) in [5.74, 6) is -0.105. The topological polar surface area (TPSA) is 55.1 Å². The van der Waals surface area contributed by atoms with Crippen molar-refractivity contribution in [3.8, 4) is 0 Å². The Morgan fingerprint density at radius 3 is 2.81 bits per heavy atom. The molecule has 3 N–H and O–H groups in total. The first-order chi connectivity index (χ1) is 7.66. The van der Waals surface area contributed by atoms with E-state index < -0.39 is 0 Å². The normalized spacial score (nSPS) is 10.1. The Labute approximate surface area is 105 Å². The van der Waals surface area contributed by atoms with E-state index in [1.807, 2.05) is 11.4 Å². The van der Waals surface area contributed by atoms with Crippen LogP contribution in [0.2, 0.25) is 0 Å². The van der Waals surface area contributed by atoms with Crippen LogP contribution in [-0.2, 0) is 0 Å². The lowest BCUT2D eigenvalue weighted by Crippen LogP contribution is -2.10. The molecule has 0 unspecified atom stereocenters. The molecule has 0 bridgehead atoms. The minimum absolute atomic E-state index is 0.105. The van der Waals surface area contributed by atoms with Gasteiger partial charge in [-0.3, -0.25) is 4.79 Å². The first-order valence-corrected chi connectivity index (χ1v) is 6.24. The Hall–Kier alpha value is -1.33. The van der Waals surface area contributed by atoms with E-state index >= 15 is 0 Å². The van der Waals surface area contributed by atoms with Gasteiger partial charge < -0.3 is 11.1 Å². The molecular weight excluding hydrogens is 288 g/mol. The van der Waals surface area contributed by atoms with Gasteiger partial charge in [-0.05, 0) is 45.6 Å². The first kappa shape index (κ1) is 11.2. The third kappa shape index (κ3) is 2.43. The van der Waals surface area contributed by atoms with Crippen molar-refractivity contribution >= 4 is 44.5 Å². The fraction of sp³-hybridized carbons (Fsp3) is 0. The monoisotopic (exact) mass is 296 g/mol. The highest BCUT2D eigenvalue weighted by atomic mass is 79.9. The van der Waals surface area contributed by atoms with Gasteiger partial charge in [0.1, 0.15) is 0 Å². The lowest BCUT2D eigenvalue weighted by atomic mass is 10.3. The van der Waals surface area contributed by atoms with Crippen LogP contribution in [0.25, 0.3) is 0 Å². The molecule has 0 fully saturated rings. The van der Waals surface area contributed by atoms with Crippen molar-refractivity contribution in [3.63, 3.8) is 0 Å². The van der Waals surface area contributed by atoms with E-state index in [1.165, 1.54) is 11.3 Å². The summed E-state index contributed by atoms with van der Waals surface area (Å²) in [6.07, 6.45) is 0. The molecule has 0 aliphatic rings. The van der Waals surface area contributed by atoms with Gasteiger partial charge in [0.2, 0.25) is 0 Å². The van der Waals surface area contributed by atoms with Crippen LogP contribution in [0.3, 0.4) is 0 Å². The van der Waals surface area contributed by atoms with Gasteiger partial charge in [-0.1, -0.05) is 6.07 Å². The SMILES string of the molecule is Nc1ccc(NC(=O)c2cccs2)cc1Br. The molecule has 0 aliphatic heterocycles. The van der Waals surface area contributed by atoms with E-state index in [4.69, 9.17) is 5.73 Å². The van der Waals surface area contributed by atoms with Crippen molar-refractivity contribution in [2.45, 2.75) is 0 Å². The first-order valence-electron chi connectivity index (χ1n) is 4.56. The number of carbonyl (C=O) groups excluding carboxylic acids is 1. The van der Waals surface area contributed by atoms with Gasteiger partial charge in [-0.25, -0.2) is 0 Å². The highest BCUT2D eigenvalue weighted by Gasteiger charge is 2.07. The second-order valence-electron chi connectivity index (χ2n) is 3.17. The summed E-state index contributed by atoms with van der Waals surface area (Å²) in [7, 11) is 0. The van der Waals surface area contributed by atoms with Gasteiger partial charge >= 0.3 is 0 Å². The zero-order chi connectivity index (χ0) is 11.5. The second-order valence-corrected chi connectivity index (χ2v) is 4.97. The highest BCUT2D eigenvalue weighted by molar-refractivity contribution is 9.10. The smallest absolute Gasteiger partial charge is 0.265 e. The molecule has 1 heterocycles. The summed E-state index contributed by atoms with van der Waals surface area (Å²) in [6, 6.07) is 8.92. The van der Waals surface area contributed by atoms with Crippen LogP contribution in [0.15, 0.2) is 40.2 Å². The molecule has 2 rings (SSSR count). The minimum atomic E-state index is -0.105. The Morgan fingerprint density at radius 1 is 1.38 bits per heavy atom. The Balaban J connectivity index is 2.15. The maximum absolute atomic E-state index is 11.7. The number of nitrogens with two attached hydrogens (primary N) is 1. The molecule has 1 aromatic carbocycles. The zero-order valence-electron chi connectivity index (χ0n) is 8.24. The molecule has 82 valence electrons. The summed E-state index contributed by atoms with van der Waals surface area (Å²) < 4.78 is 0.775. The standard InChI is InChI=1S/C11H9BrN2OS/c12-8-6-7(3-4-9(8)13)14-11(15)10-2-1-5-16-10/h1-6H,13H2,(H,14,15). The largest absolute Gasteiger partial charge is 0.398 e. The molecule has 1 amide bonds. The number of carbonyl (C=O) groups is 1. The third-order valence-electron chi connectivity index (χ3n) is 2.00. The Morgan fingerprint density at radius 2 is 2.19 bits per heavy atom. The van der Waals surface area contributed by atoms with Gasteiger partial charge in [0, 0.05) is 15.8 Å². The van der Waals surface area contributed by atoms with E-state index in [0.29, 0.717) is 10.6 Å². The molecule has 0 aliphatic carbocycles. The summed E-state index contributed by atoms with van der Waals surface area (Å²) in [5.41, 5.74) is 7.03. The van der Waals surface area contributed by atoms with Crippen molar-refractivity contribution in [2.75, 3.05) is 11.1 Å². The molecule has 0 radical (unpaired) electrons. The maximum atomic E-state index is 11.7. The van der Waals surface area contributed by atoms with Crippen LogP contribution in [0.1, 0.15) is 9.67 Å². The average Bonchev–Trinajstić information content (AvgIpc) is 2.77. The summed E-state index contributed by atoms with van der Waals surface area (Å²) in [4.78, 5) is 12.4. The number of hydrogen-bond donors (Lipinski definition) is 2. The number of rotatable bonds is 2. The van der Waals surface area contributed by atoms with E-state index in [2.05, 4.69) is 21.2 Å². The maximum Gasteiger partial charge on any atom is 0.265 e. The zero-order valence-corrected chi connectivity index (χ0v) is 10.6. The number of benzene rings is 1. The Kier molecular flexibility index (Phi) is 3.26. The van der Waals surface area contributed by atoms with E-state index in [-0.39, 0.29) is 5.91 Å². The van der Waals surface area contributed by atoms with Crippen LogP contribution in [0.4, 0.5) is 11.4 Å². The quantitative estimate of drug-likeness (QED) is 0.835. The predicted octanol–water partition coefficient (Wildman–Crippen LogP) is 3.35. The highest BCUT2D eigenvalue weighted by Crippen LogP contribution is 2.23. The summed E-state index contributed by atoms with van der Waals surface area (Å²) >= 11 is 4.72. The van der Waals surface area contributed by atoms with E-state index in [0.717, 1.165) is 10.2 Å². The summed E-state index contributed by atoms with van der Waals surface area (Å²) in [6.45, 7) is 0. The number of nitrogens with one attached hydrogen (secondary N) is 1. The van der Waals surface area contributed by atoms with Crippen LogP contribution in [0, 0.1) is 0 Å². The number of anilines is 2.